The monoisotopic (exact) mass is 634 g/mol. The Kier molecular flexibility index (Phi) is 11.3. The van der Waals surface area contributed by atoms with E-state index in [1.807, 2.05) is 0 Å². The lowest BCUT2D eigenvalue weighted by Crippen LogP contribution is -2.41. The predicted molar refractivity (Wildman–Crippen MR) is 164 cm³/mol. The van der Waals surface area contributed by atoms with Crippen LogP contribution in [0.15, 0.2) is 80.4 Å². The van der Waals surface area contributed by atoms with Crippen molar-refractivity contribution in [3.05, 3.63) is 82.2 Å². The minimum absolute atomic E-state index is 0.0479. The summed E-state index contributed by atoms with van der Waals surface area (Å²) in [4.78, 5) is 73.3. The highest BCUT2D eigenvalue weighted by atomic mass is 35.5. The number of carbonyl (C=O) groups is 6. The lowest BCUT2D eigenvalue weighted by atomic mass is 10.1. The average Bonchev–Trinajstić information content (AvgIpc) is 2.95. The third-order valence-corrected chi connectivity index (χ3v) is 6.96. The minimum Gasteiger partial charge on any atom is -0.366 e. The first kappa shape index (κ1) is 34.1. The van der Waals surface area contributed by atoms with Gasteiger partial charge in [0.15, 0.2) is 11.6 Å². The Labute approximate surface area is 263 Å². The smallest absolute Gasteiger partial charge is 0.258 e. The van der Waals surface area contributed by atoms with Crippen LogP contribution in [-0.2, 0) is 19.2 Å². The highest BCUT2D eigenvalue weighted by Gasteiger charge is 2.29. The third-order valence-electron chi connectivity index (χ3n) is 6.57. The van der Waals surface area contributed by atoms with E-state index in [0.29, 0.717) is 16.8 Å². The zero-order valence-corrected chi connectivity index (χ0v) is 25.6. The van der Waals surface area contributed by atoms with Gasteiger partial charge in [0.05, 0.1) is 16.8 Å². The van der Waals surface area contributed by atoms with Crippen LogP contribution in [0.2, 0.25) is 0 Å². The molecule has 3 unspecified atom stereocenters. The van der Waals surface area contributed by atoms with Crippen molar-refractivity contribution >= 4 is 58.2 Å². The number of rotatable bonds is 12. The van der Waals surface area contributed by atoms with Gasteiger partial charge in [0, 0.05) is 28.9 Å². The number of azo groups is 2. The van der Waals surface area contributed by atoms with Crippen molar-refractivity contribution in [2.75, 3.05) is 0 Å². The van der Waals surface area contributed by atoms with Gasteiger partial charge >= 0.3 is 0 Å². The molecule has 1 aliphatic rings. The normalized spacial score (nSPS) is 16.0. The lowest BCUT2D eigenvalue weighted by molar-refractivity contribution is -0.130. The highest BCUT2D eigenvalue weighted by molar-refractivity contribution is 6.23. The van der Waals surface area contributed by atoms with Crippen LogP contribution in [0.25, 0.3) is 0 Å². The maximum atomic E-state index is 12.9. The molecule has 0 bridgehead atoms. The number of aryl methyl sites for hydroxylation is 2. The molecule has 2 aromatic rings. The third kappa shape index (κ3) is 9.06. The van der Waals surface area contributed by atoms with Crippen LogP contribution in [-0.4, -0.2) is 52.7 Å². The second-order valence-electron chi connectivity index (χ2n) is 10.2. The van der Waals surface area contributed by atoms with E-state index in [1.54, 1.807) is 26.0 Å². The summed E-state index contributed by atoms with van der Waals surface area (Å²) in [5, 5.41) is 20.1. The van der Waals surface area contributed by atoms with Gasteiger partial charge in [0.25, 0.3) is 11.8 Å². The summed E-state index contributed by atoms with van der Waals surface area (Å²) in [5.74, 6) is -4.06. The number of nitrogens with zero attached hydrogens (tertiary/aromatic N) is 4. The van der Waals surface area contributed by atoms with Crippen molar-refractivity contribution in [1.82, 2.24) is 10.6 Å². The molecular formula is C30H31ClN8O6. The number of nitrogens with one attached hydrogen (secondary N) is 2. The molecule has 14 nitrogen and oxygen atoms in total. The van der Waals surface area contributed by atoms with Crippen molar-refractivity contribution < 1.29 is 28.8 Å². The average molecular weight is 635 g/mol. The Morgan fingerprint density at radius 2 is 1.20 bits per heavy atom. The van der Waals surface area contributed by atoms with E-state index in [9.17, 15) is 28.8 Å². The molecule has 234 valence electrons. The Balaban J connectivity index is 1.73. The molecule has 0 heterocycles. The van der Waals surface area contributed by atoms with E-state index >= 15 is 0 Å². The van der Waals surface area contributed by atoms with E-state index in [2.05, 4.69) is 31.1 Å². The molecule has 0 aliphatic heterocycles. The second-order valence-corrected chi connectivity index (χ2v) is 10.7. The first-order chi connectivity index (χ1) is 21.2. The summed E-state index contributed by atoms with van der Waals surface area (Å²) in [6, 6.07) is 6.06. The summed E-state index contributed by atoms with van der Waals surface area (Å²) in [6.45, 7) is 5.78. The Bertz CT molecular complexity index is 1700. The van der Waals surface area contributed by atoms with E-state index in [4.69, 9.17) is 23.1 Å². The number of hydrogen-bond acceptors (Lipinski definition) is 10. The molecule has 15 heteroatoms. The van der Waals surface area contributed by atoms with E-state index in [-0.39, 0.29) is 34.6 Å². The maximum absolute atomic E-state index is 12.9. The quantitative estimate of drug-likeness (QED) is 0.155. The van der Waals surface area contributed by atoms with Crippen LogP contribution in [0, 0.1) is 13.8 Å². The number of amides is 4. The SMILES string of the molecule is CC(=O)C(N=Nc1cc(C(N)=O)ccc1C)C(=O)NC1=CC=C(NC(=O)C(N=Nc2cc(C(N)=O)ccc2C)C(C)=O)C(Cl)C1. The number of allylic oxidation sites excluding steroid dienone is 4. The van der Waals surface area contributed by atoms with Crippen molar-refractivity contribution in [2.45, 2.75) is 51.6 Å². The Morgan fingerprint density at radius 1 is 0.756 bits per heavy atom. The molecule has 3 atom stereocenters. The number of primary amides is 2. The molecule has 3 rings (SSSR count). The molecule has 0 spiro atoms. The summed E-state index contributed by atoms with van der Waals surface area (Å²) in [5.41, 5.74) is 13.4. The van der Waals surface area contributed by atoms with E-state index < -0.39 is 52.7 Å². The van der Waals surface area contributed by atoms with Crippen LogP contribution < -0.4 is 22.1 Å². The minimum atomic E-state index is -1.51. The summed E-state index contributed by atoms with van der Waals surface area (Å²) >= 11 is 6.47. The van der Waals surface area contributed by atoms with Crippen LogP contribution >= 0.6 is 11.6 Å². The second kappa shape index (κ2) is 14.9. The molecule has 6 N–H and O–H groups in total. The molecule has 0 aromatic heterocycles. The molecule has 0 saturated heterocycles. The van der Waals surface area contributed by atoms with Crippen LogP contribution in [0.3, 0.4) is 0 Å². The fraction of sp³-hybridized carbons (Fsp3) is 0.267. The first-order valence-electron chi connectivity index (χ1n) is 13.5. The van der Waals surface area contributed by atoms with Gasteiger partial charge in [-0.2, -0.15) is 20.5 Å². The number of hydrogen-bond donors (Lipinski definition) is 4. The highest BCUT2D eigenvalue weighted by Crippen LogP contribution is 2.24. The number of benzene rings is 2. The number of carbonyl (C=O) groups excluding carboxylic acids is 6. The first-order valence-corrected chi connectivity index (χ1v) is 13.9. The molecule has 0 radical (unpaired) electrons. The number of alkyl halides is 1. The molecule has 4 amide bonds. The van der Waals surface area contributed by atoms with Crippen LogP contribution in [0.5, 0.6) is 0 Å². The number of ketones is 2. The molecule has 45 heavy (non-hydrogen) atoms. The Hall–Kier alpha value is -5.37. The van der Waals surface area contributed by atoms with Gasteiger partial charge in [-0.1, -0.05) is 12.1 Å². The van der Waals surface area contributed by atoms with Gasteiger partial charge in [-0.3, -0.25) is 28.8 Å². The number of halogens is 1. The number of Topliss-reactive ketones (excluding diaryl/α,β-unsaturated/α-hetero) is 2. The molecule has 1 aliphatic carbocycles. The zero-order valence-electron chi connectivity index (χ0n) is 24.8. The molecule has 0 fully saturated rings. The standard InChI is InChI=1S/C30H31ClN8O6/c1-14-5-7-18(27(32)42)11-23(14)36-38-25(16(3)40)29(44)34-20-9-10-22(21(31)13-20)35-30(45)26(17(4)41)39-37-24-12-19(28(33)43)8-6-15(24)2/h5-12,21,25-26H,13H2,1-4H3,(H2,32,42)(H2,33,43)(H,34,44)(H,35,45). The number of nitrogens with two attached hydrogens (primary N) is 2. The Morgan fingerprint density at radius 3 is 1.60 bits per heavy atom. The molecular weight excluding hydrogens is 604 g/mol. The zero-order chi connectivity index (χ0) is 33.4. The van der Waals surface area contributed by atoms with Crippen molar-refractivity contribution in [3.63, 3.8) is 0 Å². The van der Waals surface area contributed by atoms with Crippen molar-refractivity contribution in [3.8, 4) is 0 Å². The predicted octanol–water partition coefficient (Wildman–Crippen LogP) is 3.30. The topological polar surface area (TPSA) is 228 Å². The fourth-order valence-electron chi connectivity index (χ4n) is 3.93. The van der Waals surface area contributed by atoms with Crippen LogP contribution in [0.4, 0.5) is 11.4 Å². The summed E-state index contributed by atoms with van der Waals surface area (Å²) < 4.78 is 0. The van der Waals surface area contributed by atoms with Gasteiger partial charge < -0.3 is 22.1 Å². The van der Waals surface area contributed by atoms with Crippen molar-refractivity contribution in [2.24, 2.45) is 31.9 Å². The summed E-state index contributed by atoms with van der Waals surface area (Å²) in [6.07, 6.45) is 2.96. The van der Waals surface area contributed by atoms with Gasteiger partial charge in [-0.05, 0) is 75.2 Å². The van der Waals surface area contributed by atoms with E-state index in [0.717, 1.165) is 0 Å². The van der Waals surface area contributed by atoms with Crippen molar-refractivity contribution in [1.29, 1.82) is 0 Å². The summed E-state index contributed by atoms with van der Waals surface area (Å²) in [7, 11) is 0. The maximum Gasteiger partial charge on any atom is 0.258 e. The van der Waals surface area contributed by atoms with E-state index in [1.165, 1.54) is 50.3 Å². The molecule has 0 saturated carbocycles. The van der Waals surface area contributed by atoms with Gasteiger partial charge in [-0.25, -0.2) is 0 Å². The van der Waals surface area contributed by atoms with Gasteiger partial charge in [0.2, 0.25) is 23.9 Å². The van der Waals surface area contributed by atoms with Gasteiger partial charge in [-0.15, -0.1) is 11.6 Å². The fourth-order valence-corrected chi connectivity index (χ4v) is 4.23. The van der Waals surface area contributed by atoms with Gasteiger partial charge in [0.1, 0.15) is 0 Å². The lowest BCUT2D eigenvalue weighted by Gasteiger charge is -2.22. The van der Waals surface area contributed by atoms with Crippen LogP contribution in [0.1, 0.15) is 52.1 Å². The largest absolute Gasteiger partial charge is 0.366 e. The molecule has 2 aromatic carbocycles.